The number of nitrogens with one attached hydrogen (secondary N) is 1. The largest absolute Gasteiger partial charge is 0.481 e. The van der Waals surface area contributed by atoms with Crippen LogP contribution in [0.25, 0.3) is 0 Å². The van der Waals surface area contributed by atoms with E-state index in [0.29, 0.717) is 10.0 Å². The lowest BCUT2D eigenvalue weighted by Gasteiger charge is -2.37. The molecule has 0 aliphatic carbocycles. The molecule has 1 fully saturated rings. The lowest BCUT2D eigenvalue weighted by molar-refractivity contribution is -0.984. The number of carboxylic acid groups (broad SMARTS) is 2. The van der Waals surface area contributed by atoms with Gasteiger partial charge in [-0.15, -0.1) is 0 Å². The minimum atomic E-state index is -2.39. The second-order valence-corrected chi connectivity index (χ2v) is 15.6. The zero-order valence-electron chi connectivity index (χ0n) is 31.2. The summed E-state index contributed by atoms with van der Waals surface area (Å²) in [6.07, 6.45) is -2.77. The number of ether oxygens (including phenoxy) is 2. The predicted octanol–water partition coefficient (Wildman–Crippen LogP) is 1.24. The highest BCUT2D eigenvalue weighted by molar-refractivity contribution is 5.98. The van der Waals surface area contributed by atoms with Crippen molar-refractivity contribution in [2.45, 2.75) is 117 Å². The van der Waals surface area contributed by atoms with Gasteiger partial charge in [0.05, 0.1) is 30.4 Å². The number of likely N-dealkylation sites (tertiary alicyclic amines) is 1. The van der Waals surface area contributed by atoms with Gasteiger partial charge in [-0.1, -0.05) is 20.8 Å². The van der Waals surface area contributed by atoms with Gasteiger partial charge < -0.3 is 25.4 Å². The molecule has 2 heterocycles. The molecule has 1 aromatic heterocycles. The van der Waals surface area contributed by atoms with E-state index in [0.717, 1.165) is 18.3 Å². The molecule has 0 radical (unpaired) electrons. The number of imide groups is 1. The molecule has 1 aliphatic heterocycles. The third-order valence-electron chi connectivity index (χ3n) is 7.94. The number of hydrazine groups is 2. The van der Waals surface area contributed by atoms with Crippen LogP contribution in [0.2, 0.25) is 0 Å². The van der Waals surface area contributed by atoms with Crippen LogP contribution in [0.4, 0.5) is 10.6 Å². The number of esters is 1. The predicted molar refractivity (Wildman–Crippen MR) is 182 cm³/mol. The molecule has 5 amide bonds. The van der Waals surface area contributed by atoms with Crippen molar-refractivity contribution in [1.29, 1.82) is 0 Å². The number of aliphatic carboxylic acids is 2. The Hall–Kier alpha value is -5.05. The number of pyridine rings is 1. The number of carbonyl (C=O) groups excluding carboxylic acids is 6. The number of anilines is 1. The first-order valence-corrected chi connectivity index (χ1v) is 16.5. The fourth-order valence-corrected chi connectivity index (χ4v) is 5.23. The fraction of sp³-hybridized carbons (Fsp3) is 0.606. The van der Waals surface area contributed by atoms with Gasteiger partial charge in [0.1, 0.15) is 11.2 Å². The number of carboxylic acids is 2. The number of hydroxylamine groups is 3. The molecule has 53 heavy (non-hydrogen) atoms. The first-order chi connectivity index (χ1) is 24.0. The van der Waals surface area contributed by atoms with Gasteiger partial charge in [-0.25, -0.2) is 45.0 Å². The van der Waals surface area contributed by atoms with Gasteiger partial charge in [0.2, 0.25) is 6.04 Å². The highest BCUT2D eigenvalue weighted by Crippen LogP contribution is 2.32. The summed E-state index contributed by atoms with van der Waals surface area (Å²) in [6, 6.07) is -4.05. The second kappa shape index (κ2) is 16.3. The molecule has 1 aliphatic rings. The Balaban J connectivity index is 2.70. The third kappa shape index (κ3) is 11.2. The summed E-state index contributed by atoms with van der Waals surface area (Å²) in [6.45, 7) is 13.9. The van der Waals surface area contributed by atoms with Crippen LogP contribution in [0.5, 0.6) is 0 Å². The van der Waals surface area contributed by atoms with Crippen molar-refractivity contribution in [3.05, 3.63) is 23.9 Å². The number of carbonyl (C=O) groups is 8. The van der Waals surface area contributed by atoms with Crippen molar-refractivity contribution in [2.24, 2.45) is 22.9 Å². The number of quaternary nitrogens is 1. The zero-order chi connectivity index (χ0) is 41.0. The molecule has 8 N–H and O–H groups in total. The highest BCUT2D eigenvalue weighted by Gasteiger charge is 2.60. The number of nitrogens with zero attached hydrogens (tertiary/aromatic N) is 4. The standard InChI is InChI=1S/C33H49N7O13/c1-31(2,3)18(27(45)46)14-19(34)26(44)39(37-25(43)17-10-11-22(36-16-17)38(35)30(50)53-33(7,8)9)20(29(49)52-32(4,5)6)15-21(28(47)48)40(51)23(41)12-13-24(40)42/h10-11,16,18-21,51H,12-15,34-35H2,1-9H3,(H2-,37,43,45,46,47,48)/p+1/t18?,19-,20-,21?/m0/s1. The van der Waals surface area contributed by atoms with E-state index in [4.69, 9.17) is 21.1 Å². The van der Waals surface area contributed by atoms with E-state index in [-0.39, 0.29) is 11.4 Å². The Kier molecular flexibility index (Phi) is 13.6. The highest BCUT2D eigenvalue weighted by atomic mass is 16.6. The van der Waals surface area contributed by atoms with E-state index in [1.807, 2.05) is 0 Å². The van der Waals surface area contributed by atoms with Crippen molar-refractivity contribution >= 4 is 53.4 Å². The van der Waals surface area contributed by atoms with Gasteiger partial charge in [-0.2, -0.15) is 5.01 Å². The Morgan fingerprint density at radius 3 is 1.83 bits per heavy atom. The normalized spacial score (nSPS) is 16.8. The first-order valence-electron chi connectivity index (χ1n) is 16.5. The molecular formula is C33H50N7O13+. The molecule has 0 saturated carbocycles. The maximum absolute atomic E-state index is 14.2. The second-order valence-electron chi connectivity index (χ2n) is 15.6. The third-order valence-corrected chi connectivity index (χ3v) is 7.94. The summed E-state index contributed by atoms with van der Waals surface area (Å²) in [7, 11) is 0. The van der Waals surface area contributed by atoms with Crippen LogP contribution in [0.1, 0.15) is 98.4 Å². The van der Waals surface area contributed by atoms with Crippen LogP contribution < -0.4 is 22.0 Å². The minimum Gasteiger partial charge on any atom is -0.481 e. The van der Waals surface area contributed by atoms with Crippen LogP contribution >= 0.6 is 0 Å². The molecule has 2 unspecified atom stereocenters. The lowest BCUT2D eigenvalue weighted by Crippen LogP contribution is -2.65. The van der Waals surface area contributed by atoms with E-state index < -0.39 is 119 Å². The molecule has 1 aromatic rings. The molecule has 0 spiro atoms. The molecule has 0 bridgehead atoms. The first kappa shape index (κ1) is 44.1. The number of rotatable bonds is 12. The maximum Gasteiger partial charge on any atom is 0.430 e. The number of nitrogens with two attached hydrogens (primary N) is 2. The van der Waals surface area contributed by atoms with E-state index in [1.54, 1.807) is 41.5 Å². The van der Waals surface area contributed by atoms with Gasteiger partial charge >= 0.3 is 35.8 Å². The molecule has 1 saturated heterocycles. The number of hydrogen-bond donors (Lipinski definition) is 6. The summed E-state index contributed by atoms with van der Waals surface area (Å²) in [4.78, 5) is 108. The monoisotopic (exact) mass is 752 g/mol. The molecule has 294 valence electrons. The minimum absolute atomic E-state index is 0.166. The summed E-state index contributed by atoms with van der Waals surface area (Å²) in [5.41, 5.74) is 4.98. The average molecular weight is 753 g/mol. The van der Waals surface area contributed by atoms with Gasteiger partial charge in [-0.3, -0.25) is 19.8 Å². The topological polar surface area (TPSA) is 299 Å². The van der Waals surface area contributed by atoms with Crippen molar-refractivity contribution in [3.63, 3.8) is 0 Å². The molecule has 20 heteroatoms. The van der Waals surface area contributed by atoms with Gasteiger partial charge in [0, 0.05) is 12.6 Å². The van der Waals surface area contributed by atoms with Crippen LogP contribution in [0, 0.1) is 11.3 Å². The SMILES string of the molecule is CC(C)(C)OC(=O)[C@H](CC(C(=O)O)[N+]1(O)C(=O)CCC1=O)N(NC(=O)c1ccc(N(N)C(=O)OC(C)(C)C)nc1)C(=O)[C@@H](N)CC(C(=O)O)C(C)(C)C. The quantitative estimate of drug-likeness (QED) is 0.0333. The molecule has 4 atom stereocenters. The van der Waals surface area contributed by atoms with Crippen LogP contribution in [-0.2, 0) is 38.2 Å². The van der Waals surface area contributed by atoms with Crippen molar-refractivity contribution in [2.75, 3.05) is 5.01 Å². The number of aromatic nitrogens is 1. The van der Waals surface area contributed by atoms with Gasteiger partial charge in [0.25, 0.3) is 11.8 Å². The van der Waals surface area contributed by atoms with Crippen LogP contribution in [0.3, 0.4) is 0 Å². The lowest BCUT2D eigenvalue weighted by atomic mass is 9.77. The summed E-state index contributed by atoms with van der Waals surface area (Å²) in [5.74, 6) is -4.99. The Labute approximate surface area is 305 Å². The fourth-order valence-electron chi connectivity index (χ4n) is 5.23. The summed E-state index contributed by atoms with van der Waals surface area (Å²) >= 11 is 0. The Morgan fingerprint density at radius 2 is 1.42 bits per heavy atom. The molecule has 2 rings (SSSR count). The van der Waals surface area contributed by atoms with Crippen molar-refractivity contribution in [3.8, 4) is 0 Å². The summed E-state index contributed by atoms with van der Waals surface area (Å²) < 4.78 is 8.41. The Morgan fingerprint density at radius 1 is 0.887 bits per heavy atom. The summed E-state index contributed by atoms with van der Waals surface area (Å²) in [5, 5.41) is 32.1. The zero-order valence-corrected chi connectivity index (χ0v) is 31.2. The molecular weight excluding hydrogens is 702 g/mol. The molecule has 0 aromatic carbocycles. The van der Waals surface area contributed by atoms with E-state index in [1.165, 1.54) is 20.8 Å². The van der Waals surface area contributed by atoms with Gasteiger partial charge in [0.15, 0.2) is 11.9 Å². The van der Waals surface area contributed by atoms with Gasteiger partial charge in [-0.05, 0) is 70.2 Å². The van der Waals surface area contributed by atoms with E-state index >= 15 is 0 Å². The maximum atomic E-state index is 14.2. The number of hydrogen-bond acceptors (Lipinski definition) is 14. The number of amides is 5. The van der Waals surface area contributed by atoms with E-state index in [2.05, 4.69) is 10.4 Å². The van der Waals surface area contributed by atoms with Crippen molar-refractivity contribution in [1.82, 2.24) is 15.4 Å². The average Bonchev–Trinajstić information content (AvgIpc) is 3.27. The Bertz CT molecular complexity index is 1590. The van der Waals surface area contributed by atoms with E-state index in [9.17, 15) is 53.8 Å². The molecule has 20 nitrogen and oxygen atoms in total. The van der Waals surface area contributed by atoms with Crippen LogP contribution in [0.15, 0.2) is 18.3 Å². The smallest absolute Gasteiger partial charge is 0.430 e. The van der Waals surface area contributed by atoms with Crippen LogP contribution in [-0.4, -0.2) is 107 Å². The van der Waals surface area contributed by atoms with Crippen molar-refractivity contribution < 1.29 is 67.9 Å².